The maximum atomic E-state index is 12.9. The van der Waals surface area contributed by atoms with E-state index in [-0.39, 0.29) is 23.4 Å². The molecule has 7 heteroatoms. The monoisotopic (exact) mass is 269 g/mol. The maximum Gasteiger partial charge on any atom is 0.417 e. The topological polar surface area (TPSA) is 71.8 Å². The Bertz CT molecular complexity index is 649. The van der Waals surface area contributed by atoms with Gasteiger partial charge in [-0.15, -0.1) is 0 Å². The molecule has 0 atom stereocenters. The molecule has 1 aromatic heterocycles. The van der Waals surface area contributed by atoms with Crippen LogP contribution < -0.4 is 11.3 Å². The highest BCUT2D eigenvalue weighted by Gasteiger charge is 2.34. The van der Waals surface area contributed by atoms with Crippen molar-refractivity contribution in [2.45, 2.75) is 12.7 Å². The molecule has 2 rings (SSSR count). The Hall–Kier alpha value is -2.15. The number of aromatic amines is 1. The third kappa shape index (κ3) is 2.50. The van der Waals surface area contributed by atoms with Crippen LogP contribution in [-0.2, 0) is 12.7 Å². The summed E-state index contributed by atoms with van der Waals surface area (Å²) in [7, 11) is 0. The summed E-state index contributed by atoms with van der Waals surface area (Å²) in [5, 5.41) is 0. The molecule has 0 unspecified atom stereocenters. The van der Waals surface area contributed by atoms with Gasteiger partial charge in [0.25, 0.3) is 5.56 Å². The lowest BCUT2D eigenvalue weighted by atomic mass is 10.0. The van der Waals surface area contributed by atoms with Crippen LogP contribution in [0.5, 0.6) is 0 Å². The largest absolute Gasteiger partial charge is 0.417 e. The number of halogens is 3. The van der Waals surface area contributed by atoms with E-state index in [1.54, 1.807) is 0 Å². The molecule has 0 spiro atoms. The van der Waals surface area contributed by atoms with Crippen molar-refractivity contribution < 1.29 is 13.2 Å². The van der Waals surface area contributed by atoms with Crippen LogP contribution in [0.25, 0.3) is 11.3 Å². The van der Waals surface area contributed by atoms with Gasteiger partial charge in [0.2, 0.25) is 0 Å². The molecule has 2 aromatic rings. The van der Waals surface area contributed by atoms with Crippen molar-refractivity contribution in [1.82, 2.24) is 9.97 Å². The molecule has 0 aliphatic heterocycles. The Kier molecular flexibility index (Phi) is 3.39. The Morgan fingerprint density at radius 3 is 2.58 bits per heavy atom. The van der Waals surface area contributed by atoms with Gasteiger partial charge >= 0.3 is 6.18 Å². The van der Waals surface area contributed by atoms with Crippen LogP contribution in [0.3, 0.4) is 0 Å². The minimum Gasteiger partial charge on any atom is -0.326 e. The lowest BCUT2D eigenvalue weighted by Gasteiger charge is -2.13. The number of rotatable bonds is 2. The fourth-order valence-corrected chi connectivity index (χ4v) is 1.79. The molecule has 0 bridgehead atoms. The summed E-state index contributed by atoms with van der Waals surface area (Å²) in [6.07, 6.45) is -3.46. The molecule has 100 valence electrons. The predicted molar refractivity (Wildman–Crippen MR) is 63.2 cm³/mol. The van der Waals surface area contributed by atoms with Gasteiger partial charge in [0.05, 0.1) is 23.1 Å². The van der Waals surface area contributed by atoms with Crippen molar-refractivity contribution in [2.24, 2.45) is 5.73 Å². The SMILES string of the molecule is NCc1c(-c2ccccc2C(F)(F)F)nc[nH]c1=O. The zero-order valence-electron chi connectivity index (χ0n) is 9.66. The standard InChI is InChI=1S/C12H10F3N3O/c13-12(14,15)9-4-2-1-3-7(9)10-8(5-16)11(19)18-6-17-10/h1-4,6H,5,16H2,(H,17,18,19). The van der Waals surface area contributed by atoms with E-state index in [2.05, 4.69) is 9.97 Å². The zero-order chi connectivity index (χ0) is 14.0. The van der Waals surface area contributed by atoms with Gasteiger partial charge in [-0.1, -0.05) is 18.2 Å². The first-order chi connectivity index (χ1) is 8.95. The van der Waals surface area contributed by atoms with Crippen LogP contribution in [0.4, 0.5) is 13.2 Å². The molecule has 19 heavy (non-hydrogen) atoms. The second kappa shape index (κ2) is 4.85. The first-order valence-electron chi connectivity index (χ1n) is 5.38. The van der Waals surface area contributed by atoms with E-state index >= 15 is 0 Å². The molecule has 1 heterocycles. The third-order valence-electron chi connectivity index (χ3n) is 2.64. The average Bonchev–Trinajstić information content (AvgIpc) is 2.37. The second-order valence-electron chi connectivity index (χ2n) is 3.81. The highest BCUT2D eigenvalue weighted by Crippen LogP contribution is 2.36. The number of alkyl halides is 3. The van der Waals surface area contributed by atoms with Gasteiger partial charge in [-0.25, -0.2) is 4.98 Å². The van der Waals surface area contributed by atoms with E-state index in [4.69, 9.17) is 5.73 Å². The summed E-state index contributed by atoms with van der Waals surface area (Å²) >= 11 is 0. The molecular formula is C12H10F3N3O. The van der Waals surface area contributed by atoms with Crippen molar-refractivity contribution in [3.8, 4) is 11.3 Å². The number of nitrogens with two attached hydrogens (primary N) is 1. The third-order valence-corrected chi connectivity index (χ3v) is 2.64. The Morgan fingerprint density at radius 2 is 1.95 bits per heavy atom. The molecule has 1 aromatic carbocycles. The summed E-state index contributed by atoms with van der Waals surface area (Å²) in [4.78, 5) is 17.7. The van der Waals surface area contributed by atoms with Gasteiger partial charge < -0.3 is 10.7 Å². The van der Waals surface area contributed by atoms with Gasteiger partial charge in [0.1, 0.15) is 0 Å². The van der Waals surface area contributed by atoms with Crippen molar-refractivity contribution >= 4 is 0 Å². The smallest absolute Gasteiger partial charge is 0.326 e. The molecule has 0 aliphatic rings. The number of H-pyrrole nitrogens is 1. The van der Waals surface area contributed by atoms with E-state index < -0.39 is 17.3 Å². The number of benzene rings is 1. The number of nitrogens with zero attached hydrogens (tertiary/aromatic N) is 1. The van der Waals surface area contributed by atoms with Crippen molar-refractivity contribution in [3.05, 3.63) is 52.1 Å². The van der Waals surface area contributed by atoms with Crippen molar-refractivity contribution in [1.29, 1.82) is 0 Å². The molecule has 0 saturated carbocycles. The van der Waals surface area contributed by atoms with Gasteiger partial charge in [0, 0.05) is 12.1 Å². The Morgan fingerprint density at radius 1 is 1.26 bits per heavy atom. The maximum absolute atomic E-state index is 12.9. The molecule has 0 aliphatic carbocycles. The number of hydrogen-bond acceptors (Lipinski definition) is 3. The number of aromatic nitrogens is 2. The molecular weight excluding hydrogens is 259 g/mol. The van der Waals surface area contributed by atoms with Crippen molar-refractivity contribution in [2.75, 3.05) is 0 Å². The summed E-state index contributed by atoms with van der Waals surface area (Å²) in [6.45, 7) is -0.190. The summed E-state index contributed by atoms with van der Waals surface area (Å²) < 4.78 is 38.8. The first kappa shape index (κ1) is 13.3. The molecule has 3 N–H and O–H groups in total. The van der Waals surface area contributed by atoms with E-state index in [1.165, 1.54) is 18.2 Å². The van der Waals surface area contributed by atoms with E-state index in [9.17, 15) is 18.0 Å². The summed E-state index contributed by atoms with van der Waals surface area (Å²) in [5.74, 6) is 0. The molecule has 4 nitrogen and oxygen atoms in total. The van der Waals surface area contributed by atoms with Gasteiger partial charge in [-0.05, 0) is 6.07 Å². The average molecular weight is 269 g/mol. The Labute approximate surface area is 106 Å². The summed E-state index contributed by atoms with van der Waals surface area (Å²) in [5.41, 5.74) is 3.86. The summed E-state index contributed by atoms with van der Waals surface area (Å²) in [6, 6.07) is 4.94. The van der Waals surface area contributed by atoms with Crippen LogP contribution in [0.15, 0.2) is 35.4 Å². The van der Waals surface area contributed by atoms with Crippen LogP contribution in [0.1, 0.15) is 11.1 Å². The van der Waals surface area contributed by atoms with E-state index in [0.29, 0.717) is 0 Å². The van der Waals surface area contributed by atoms with Gasteiger partial charge in [-0.2, -0.15) is 13.2 Å². The molecule has 0 saturated heterocycles. The van der Waals surface area contributed by atoms with E-state index in [1.807, 2.05) is 0 Å². The zero-order valence-corrected chi connectivity index (χ0v) is 9.66. The molecule has 0 radical (unpaired) electrons. The number of nitrogens with one attached hydrogen (secondary N) is 1. The minimum absolute atomic E-state index is 0.0270. The minimum atomic E-state index is -4.52. The van der Waals surface area contributed by atoms with E-state index in [0.717, 1.165) is 12.4 Å². The Balaban J connectivity index is 2.74. The fraction of sp³-hybridized carbons (Fsp3) is 0.167. The van der Waals surface area contributed by atoms with Crippen LogP contribution in [0.2, 0.25) is 0 Å². The van der Waals surface area contributed by atoms with Crippen LogP contribution >= 0.6 is 0 Å². The van der Waals surface area contributed by atoms with Crippen LogP contribution in [0, 0.1) is 0 Å². The second-order valence-corrected chi connectivity index (χ2v) is 3.81. The highest BCUT2D eigenvalue weighted by molar-refractivity contribution is 5.67. The van der Waals surface area contributed by atoms with Crippen molar-refractivity contribution in [3.63, 3.8) is 0 Å². The lowest BCUT2D eigenvalue weighted by Crippen LogP contribution is -2.19. The predicted octanol–water partition coefficient (Wildman–Crippen LogP) is 1.91. The lowest BCUT2D eigenvalue weighted by molar-refractivity contribution is -0.137. The van der Waals surface area contributed by atoms with Gasteiger partial charge in [0.15, 0.2) is 0 Å². The van der Waals surface area contributed by atoms with Gasteiger partial charge in [-0.3, -0.25) is 4.79 Å². The highest BCUT2D eigenvalue weighted by atomic mass is 19.4. The van der Waals surface area contributed by atoms with Crippen LogP contribution in [-0.4, -0.2) is 9.97 Å². The normalized spacial score (nSPS) is 11.6. The first-order valence-corrected chi connectivity index (χ1v) is 5.38. The molecule has 0 amide bonds. The fourth-order valence-electron chi connectivity index (χ4n) is 1.79. The quantitative estimate of drug-likeness (QED) is 0.874. The molecule has 0 fully saturated rings. The number of hydrogen-bond donors (Lipinski definition) is 2.